The van der Waals surface area contributed by atoms with Crippen LogP contribution in [-0.4, -0.2) is 37.3 Å². The van der Waals surface area contributed by atoms with E-state index in [0.29, 0.717) is 22.9 Å². The van der Waals surface area contributed by atoms with E-state index >= 15 is 0 Å². The van der Waals surface area contributed by atoms with Crippen molar-refractivity contribution in [3.05, 3.63) is 78.4 Å². The van der Waals surface area contributed by atoms with Crippen LogP contribution in [-0.2, 0) is 4.79 Å². The van der Waals surface area contributed by atoms with Crippen LogP contribution in [0, 0.1) is 0 Å². The molecular formula is C22H16N6O2. The highest BCUT2D eigenvalue weighted by atomic mass is 16.2. The number of H-pyrrole nitrogens is 2. The van der Waals surface area contributed by atoms with Crippen molar-refractivity contribution in [1.29, 1.82) is 0 Å². The van der Waals surface area contributed by atoms with E-state index < -0.39 is 11.9 Å². The number of aldehydes is 1. The van der Waals surface area contributed by atoms with E-state index in [1.54, 1.807) is 24.5 Å². The molecule has 1 atom stereocenters. The smallest absolute Gasteiger partial charge is 0.289 e. The number of nitrogens with one attached hydrogen (secondary N) is 3. The van der Waals surface area contributed by atoms with Crippen LogP contribution in [0.15, 0.2) is 67.0 Å². The highest BCUT2D eigenvalue weighted by Gasteiger charge is 2.19. The van der Waals surface area contributed by atoms with Crippen LogP contribution in [0.3, 0.4) is 0 Å². The van der Waals surface area contributed by atoms with Gasteiger partial charge in [0.05, 0.1) is 22.2 Å². The Morgan fingerprint density at radius 1 is 0.967 bits per heavy atom. The van der Waals surface area contributed by atoms with E-state index in [0.717, 1.165) is 22.2 Å². The predicted molar refractivity (Wildman–Crippen MR) is 112 cm³/mol. The third-order valence-corrected chi connectivity index (χ3v) is 4.91. The number of fused-ring (bicyclic) bond motifs is 2. The van der Waals surface area contributed by atoms with Crippen LogP contribution >= 0.6 is 0 Å². The molecule has 0 aliphatic carbocycles. The summed E-state index contributed by atoms with van der Waals surface area (Å²) in [6, 6.07) is 15.8. The quantitative estimate of drug-likeness (QED) is 0.395. The van der Waals surface area contributed by atoms with Crippen LogP contribution in [0.2, 0.25) is 0 Å². The first-order valence-electron chi connectivity index (χ1n) is 9.32. The van der Waals surface area contributed by atoms with Gasteiger partial charge in [0, 0.05) is 23.3 Å². The number of pyridine rings is 1. The maximum Gasteiger partial charge on any atom is 0.289 e. The summed E-state index contributed by atoms with van der Waals surface area (Å²) in [7, 11) is 0. The second-order valence-electron chi connectivity index (χ2n) is 6.79. The Hall–Kier alpha value is -4.33. The zero-order valence-electron chi connectivity index (χ0n) is 15.7. The van der Waals surface area contributed by atoms with Crippen molar-refractivity contribution >= 4 is 34.1 Å². The number of aromatic amines is 2. The lowest BCUT2D eigenvalue weighted by Gasteiger charge is -2.11. The van der Waals surface area contributed by atoms with Crippen LogP contribution in [0.1, 0.15) is 22.2 Å². The minimum Gasteiger partial charge on any atom is -0.336 e. The molecule has 3 aromatic heterocycles. The molecule has 5 rings (SSSR count). The standard InChI is InChI=1S/C22H16N6O2/c29-12-19(13-4-2-1-3-5-13)26-22(30)21-24-17-10-15-16(11-18(17)25-21)27-28-20(15)14-6-8-23-9-7-14/h1-12,19,27-28H,(H,26,30)/t19-/m1/s1. The SMILES string of the molecule is O=C[C@@H](NC(=O)c1nc2cc3[nH][nH]c(-c4ccncc4)c3cc2n1)c1ccccc1. The minimum absolute atomic E-state index is 0.0230. The fourth-order valence-corrected chi connectivity index (χ4v) is 3.43. The molecule has 0 spiro atoms. The Balaban J connectivity index is 1.49. The number of rotatable bonds is 5. The molecule has 0 bridgehead atoms. The molecule has 8 heteroatoms. The maximum atomic E-state index is 12.7. The van der Waals surface area contributed by atoms with Crippen LogP contribution < -0.4 is 5.32 Å². The summed E-state index contributed by atoms with van der Waals surface area (Å²) in [6.07, 6.45) is 4.14. The molecule has 8 nitrogen and oxygen atoms in total. The Morgan fingerprint density at radius 2 is 1.70 bits per heavy atom. The van der Waals surface area contributed by atoms with E-state index in [2.05, 4.69) is 30.5 Å². The van der Waals surface area contributed by atoms with Gasteiger partial charge in [0.1, 0.15) is 12.3 Å². The maximum absolute atomic E-state index is 12.7. The first-order chi connectivity index (χ1) is 14.7. The number of carbonyl (C=O) groups excluding carboxylic acids is 2. The van der Waals surface area contributed by atoms with Gasteiger partial charge in [-0.25, -0.2) is 9.97 Å². The third kappa shape index (κ3) is 3.10. The molecular weight excluding hydrogens is 380 g/mol. The van der Waals surface area contributed by atoms with Gasteiger partial charge >= 0.3 is 0 Å². The van der Waals surface area contributed by atoms with Crippen molar-refractivity contribution in [2.24, 2.45) is 0 Å². The number of carbonyl (C=O) groups is 2. The van der Waals surface area contributed by atoms with E-state index in [4.69, 9.17) is 0 Å². The van der Waals surface area contributed by atoms with Gasteiger partial charge in [0.25, 0.3) is 5.91 Å². The summed E-state index contributed by atoms with van der Waals surface area (Å²) in [5.74, 6) is -0.480. The van der Waals surface area contributed by atoms with E-state index in [1.165, 1.54) is 0 Å². The van der Waals surface area contributed by atoms with Gasteiger partial charge in [-0.05, 0) is 29.8 Å². The zero-order chi connectivity index (χ0) is 20.5. The minimum atomic E-state index is -0.761. The molecule has 0 aliphatic heterocycles. The lowest BCUT2D eigenvalue weighted by atomic mass is 10.1. The normalized spacial score (nSPS) is 12.1. The highest BCUT2D eigenvalue weighted by molar-refractivity contribution is 6.02. The molecule has 5 aromatic rings. The summed E-state index contributed by atoms with van der Waals surface area (Å²) >= 11 is 0. The molecule has 1 amide bonds. The van der Waals surface area contributed by atoms with Crippen molar-refractivity contribution < 1.29 is 9.59 Å². The van der Waals surface area contributed by atoms with Crippen LogP contribution in [0.5, 0.6) is 0 Å². The van der Waals surface area contributed by atoms with E-state index in [9.17, 15) is 9.59 Å². The van der Waals surface area contributed by atoms with Crippen molar-refractivity contribution in [2.75, 3.05) is 0 Å². The highest BCUT2D eigenvalue weighted by Crippen LogP contribution is 2.28. The molecule has 2 aromatic carbocycles. The van der Waals surface area contributed by atoms with E-state index in [-0.39, 0.29) is 5.82 Å². The summed E-state index contributed by atoms with van der Waals surface area (Å²) < 4.78 is 0. The van der Waals surface area contributed by atoms with Gasteiger partial charge in [-0.15, -0.1) is 0 Å². The topological polar surface area (TPSA) is 116 Å². The fourth-order valence-electron chi connectivity index (χ4n) is 3.43. The van der Waals surface area contributed by atoms with Gasteiger partial charge in [-0.2, -0.15) is 0 Å². The largest absolute Gasteiger partial charge is 0.336 e. The molecule has 30 heavy (non-hydrogen) atoms. The molecule has 0 radical (unpaired) electrons. The monoisotopic (exact) mass is 396 g/mol. The molecule has 0 fully saturated rings. The number of aromatic nitrogens is 5. The van der Waals surface area contributed by atoms with Crippen molar-refractivity contribution in [2.45, 2.75) is 6.04 Å². The molecule has 3 N–H and O–H groups in total. The average Bonchev–Trinajstić information content (AvgIpc) is 3.40. The lowest BCUT2D eigenvalue weighted by molar-refractivity contribution is -0.109. The molecule has 3 heterocycles. The van der Waals surface area contributed by atoms with Crippen LogP contribution in [0.25, 0.3) is 33.2 Å². The molecule has 0 unspecified atom stereocenters. The number of hydrogen-bond acceptors (Lipinski definition) is 5. The average molecular weight is 396 g/mol. The fraction of sp³-hybridized carbons (Fsp3) is 0.0455. The molecule has 0 saturated carbocycles. The number of hydrogen-bond donors (Lipinski definition) is 3. The first-order valence-corrected chi connectivity index (χ1v) is 9.32. The van der Waals surface area contributed by atoms with Crippen molar-refractivity contribution in [1.82, 2.24) is 30.5 Å². The van der Waals surface area contributed by atoms with Gasteiger partial charge in [0.15, 0.2) is 0 Å². The molecule has 0 aliphatic rings. The number of imidazole rings is 1. The lowest BCUT2D eigenvalue weighted by Crippen LogP contribution is -2.30. The number of benzene rings is 2. The number of nitrogens with zero attached hydrogens (tertiary/aromatic N) is 3. The van der Waals surface area contributed by atoms with Gasteiger partial charge in [-0.3, -0.25) is 14.9 Å². The predicted octanol–water partition coefficient (Wildman–Crippen LogP) is 3.17. The summed E-state index contributed by atoms with van der Waals surface area (Å²) in [5.41, 5.74) is 4.60. The third-order valence-electron chi connectivity index (χ3n) is 4.91. The number of amides is 1. The molecule has 146 valence electrons. The van der Waals surface area contributed by atoms with Crippen molar-refractivity contribution in [3.63, 3.8) is 0 Å². The first kappa shape index (κ1) is 17.7. The van der Waals surface area contributed by atoms with Crippen molar-refractivity contribution in [3.8, 4) is 11.3 Å². The Labute approximate surface area is 170 Å². The Morgan fingerprint density at radius 3 is 2.43 bits per heavy atom. The second kappa shape index (κ2) is 7.25. The van der Waals surface area contributed by atoms with Gasteiger partial charge in [-0.1, -0.05) is 30.3 Å². The summed E-state index contributed by atoms with van der Waals surface area (Å²) in [4.78, 5) is 36.9. The second-order valence-corrected chi connectivity index (χ2v) is 6.79. The Kier molecular flexibility index (Phi) is 4.29. The Bertz CT molecular complexity index is 1360. The van der Waals surface area contributed by atoms with Crippen LogP contribution in [0.4, 0.5) is 0 Å². The van der Waals surface area contributed by atoms with Gasteiger partial charge in [0.2, 0.25) is 5.82 Å². The zero-order valence-corrected chi connectivity index (χ0v) is 15.7. The van der Waals surface area contributed by atoms with E-state index in [1.807, 2.05) is 42.5 Å². The molecule has 0 saturated heterocycles. The summed E-state index contributed by atoms with van der Waals surface area (Å²) in [5, 5.41) is 9.88. The van der Waals surface area contributed by atoms with Gasteiger partial charge < -0.3 is 15.2 Å². The summed E-state index contributed by atoms with van der Waals surface area (Å²) in [6.45, 7) is 0.